The zero-order valence-electron chi connectivity index (χ0n) is 6.88. The number of carbonyl (C=O) groups excluding carboxylic acids is 1. The Morgan fingerprint density at radius 1 is 1.50 bits per heavy atom. The lowest BCUT2D eigenvalue weighted by Gasteiger charge is -1.95. The summed E-state index contributed by atoms with van der Waals surface area (Å²) in [4.78, 5) is 14.8. The van der Waals surface area contributed by atoms with Crippen molar-refractivity contribution in [1.29, 1.82) is 0 Å². The highest BCUT2D eigenvalue weighted by atomic mass is 35.5. The molecule has 0 saturated carbocycles. The van der Waals surface area contributed by atoms with Crippen LogP contribution in [-0.4, -0.2) is 18.0 Å². The molecule has 0 N–H and O–H groups in total. The number of carbonyl (C=O) groups is 1. The Hall–Kier alpha value is -1.15. The average Bonchev–Trinajstić information content (AvgIpc) is 2.11. The van der Waals surface area contributed by atoms with Crippen LogP contribution in [0.4, 0.5) is 0 Å². The third-order valence-electron chi connectivity index (χ3n) is 1.16. The third-order valence-corrected chi connectivity index (χ3v) is 1.50. The number of rotatable bonds is 4. The molecule has 3 heteroatoms. The molecule has 0 aliphatic heterocycles. The molecule has 0 aliphatic carbocycles. The molecule has 0 unspecified atom stereocenters. The number of hydrogen-bond donors (Lipinski definition) is 0. The van der Waals surface area contributed by atoms with Crippen LogP contribution in [0.25, 0.3) is 0 Å². The van der Waals surface area contributed by atoms with Crippen molar-refractivity contribution in [3.63, 3.8) is 0 Å². The fraction of sp³-hybridized carbons (Fsp3) is 0.111. The molecule has 2 nitrogen and oxygen atoms in total. The summed E-state index contributed by atoms with van der Waals surface area (Å²) in [5, 5.41) is -0.0528. The predicted molar refractivity (Wildman–Crippen MR) is 52.7 cm³/mol. The topological polar surface area (TPSA) is 29.4 Å². The zero-order valence-corrected chi connectivity index (χ0v) is 7.64. The van der Waals surface area contributed by atoms with E-state index in [-0.39, 0.29) is 11.0 Å². The summed E-state index contributed by atoms with van der Waals surface area (Å²) >= 11 is 5.50. The van der Waals surface area contributed by atoms with Crippen molar-refractivity contribution in [2.75, 3.05) is 7.05 Å². The summed E-state index contributed by atoms with van der Waals surface area (Å²) < 4.78 is 0. The fourth-order valence-electron chi connectivity index (χ4n) is 0.584. The van der Waals surface area contributed by atoms with Crippen LogP contribution in [0.1, 0.15) is 0 Å². The van der Waals surface area contributed by atoms with E-state index in [0.717, 1.165) is 0 Å². The van der Waals surface area contributed by atoms with Crippen LogP contribution in [0.2, 0.25) is 0 Å². The maximum absolute atomic E-state index is 11.2. The van der Waals surface area contributed by atoms with Crippen LogP contribution in [0.15, 0.2) is 42.0 Å². The van der Waals surface area contributed by atoms with Gasteiger partial charge in [0.05, 0.1) is 0 Å². The van der Waals surface area contributed by atoms with Crippen molar-refractivity contribution < 1.29 is 4.79 Å². The van der Waals surface area contributed by atoms with Gasteiger partial charge in [-0.15, -0.1) is 0 Å². The number of aliphatic imine (C=N–C) groups is 1. The molecule has 0 bridgehead atoms. The van der Waals surface area contributed by atoms with Crippen molar-refractivity contribution in [2.24, 2.45) is 4.99 Å². The van der Waals surface area contributed by atoms with Crippen LogP contribution in [0, 0.1) is 0 Å². The van der Waals surface area contributed by atoms with Gasteiger partial charge in [0.25, 0.3) is 0 Å². The molecule has 0 aromatic heterocycles. The van der Waals surface area contributed by atoms with E-state index in [4.69, 9.17) is 11.6 Å². The minimum atomic E-state index is -0.339. The number of hydrogen-bond acceptors (Lipinski definition) is 2. The van der Waals surface area contributed by atoms with Crippen molar-refractivity contribution in [1.82, 2.24) is 0 Å². The second-order valence-electron chi connectivity index (χ2n) is 1.91. The lowest BCUT2D eigenvalue weighted by molar-refractivity contribution is -0.109. The molecule has 0 atom stereocenters. The second-order valence-corrected chi connectivity index (χ2v) is 2.26. The Morgan fingerprint density at radius 2 is 2.08 bits per heavy atom. The molecule has 12 heavy (non-hydrogen) atoms. The highest BCUT2D eigenvalue weighted by Crippen LogP contribution is 2.02. The monoisotopic (exact) mass is 183 g/mol. The van der Waals surface area contributed by atoms with Crippen molar-refractivity contribution in [2.45, 2.75) is 0 Å². The van der Waals surface area contributed by atoms with E-state index < -0.39 is 0 Å². The van der Waals surface area contributed by atoms with E-state index >= 15 is 0 Å². The molecule has 0 heterocycles. The summed E-state index contributed by atoms with van der Waals surface area (Å²) in [5.74, 6) is -0.339. The third kappa shape index (κ3) is 2.84. The molecule has 0 rings (SSSR count). The first-order valence-electron chi connectivity index (χ1n) is 3.29. The van der Waals surface area contributed by atoms with Gasteiger partial charge in [0.15, 0.2) is 5.17 Å². The van der Waals surface area contributed by atoms with Crippen molar-refractivity contribution in [3.8, 4) is 0 Å². The quantitative estimate of drug-likeness (QED) is 0.373. The van der Waals surface area contributed by atoms with Gasteiger partial charge in [-0.2, -0.15) is 0 Å². The summed E-state index contributed by atoms with van der Waals surface area (Å²) in [6.07, 6.45) is 4.44. The smallest absolute Gasteiger partial charge is 0.222 e. The minimum Gasteiger partial charge on any atom is -0.286 e. The fourth-order valence-corrected chi connectivity index (χ4v) is 0.693. The standard InChI is InChI=1S/C9H10ClNO/c1-4-6-7(5-2)8(12)9(10)11-3/h4-6H,1-2H2,3H3/b7-6+,11-9?. The Labute approximate surface area is 77.0 Å². The van der Waals surface area contributed by atoms with Gasteiger partial charge in [0.2, 0.25) is 5.78 Å². The maximum Gasteiger partial charge on any atom is 0.222 e. The highest BCUT2D eigenvalue weighted by molar-refractivity contribution is 6.85. The molecule has 0 spiro atoms. The molecule has 0 saturated heterocycles. The second kappa shape index (κ2) is 5.49. The van der Waals surface area contributed by atoms with Crippen molar-refractivity contribution in [3.05, 3.63) is 37.0 Å². The van der Waals surface area contributed by atoms with Gasteiger partial charge >= 0.3 is 0 Å². The highest BCUT2D eigenvalue weighted by Gasteiger charge is 2.09. The summed E-state index contributed by atoms with van der Waals surface area (Å²) in [6.45, 7) is 6.92. The van der Waals surface area contributed by atoms with Crippen LogP contribution < -0.4 is 0 Å². The molecule has 0 amide bonds. The van der Waals surface area contributed by atoms with Crippen LogP contribution in [-0.2, 0) is 4.79 Å². The van der Waals surface area contributed by atoms with E-state index in [2.05, 4.69) is 18.2 Å². The Kier molecular flexibility index (Phi) is 4.97. The lowest BCUT2D eigenvalue weighted by atomic mass is 10.1. The predicted octanol–water partition coefficient (Wildman–Crippen LogP) is 2.12. The van der Waals surface area contributed by atoms with Crippen molar-refractivity contribution >= 4 is 22.6 Å². The van der Waals surface area contributed by atoms with Crippen LogP contribution in [0.3, 0.4) is 0 Å². The van der Waals surface area contributed by atoms with Gasteiger partial charge in [-0.25, -0.2) is 0 Å². The van der Waals surface area contributed by atoms with E-state index in [1.807, 2.05) is 0 Å². The molecular weight excluding hydrogens is 174 g/mol. The molecule has 0 aliphatic rings. The van der Waals surface area contributed by atoms with Gasteiger partial charge in [-0.1, -0.05) is 43.0 Å². The SMILES string of the molecule is C=C/C=C(\C=C)C(=O)C(Cl)=NC. The number of nitrogens with zero attached hydrogens (tertiary/aromatic N) is 1. The molecular formula is C9H10ClNO. The van der Waals surface area contributed by atoms with E-state index in [0.29, 0.717) is 5.57 Å². The Morgan fingerprint density at radius 3 is 2.42 bits per heavy atom. The number of allylic oxidation sites excluding steroid dienone is 4. The molecule has 0 radical (unpaired) electrons. The summed E-state index contributed by atoms with van der Waals surface area (Å²) in [6, 6.07) is 0. The Bertz CT molecular complexity index is 264. The number of halogens is 1. The van der Waals surface area contributed by atoms with Gasteiger partial charge in [0, 0.05) is 12.6 Å². The molecule has 0 fully saturated rings. The molecule has 64 valence electrons. The van der Waals surface area contributed by atoms with Gasteiger partial charge in [0.1, 0.15) is 0 Å². The van der Waals surface area contributed by atoms with Crippen LogP contribution >= 0.6 is 11.6 Å². The lowest BCUT2D eigenvalue weighted by Crippen LogP contribution is -2.08. The van der Waals surface area contributed by atoms with E-state index in [1.54, 1.807) is 0 Å². The maximum atomic E-state index is 11.2. The first-order valence-corrected chi connectivity index (χ1v) is 3.67. The molecule has 0 aromatic rings. The first kappa shape index (κ1) is 10.8. The molecule has 0 aromatic carbocycles. The van der Waals surface area contributed by atoms with E-state index in [1.165, 1.54) is 25.3 Å². The average molecular weight is 184 g/mol. The number of ketones is 1. The van der Waals surface area contributed by atoms with E-state index in [9.17, 15) is 4.79 Å². The Balaban J connectivity index is 4.77. The zero-order chi connectivity index (χ0) is 9.56. The van der Waals surface area contributed by atoms with Gasteiger partial charge in [-0.3, -0.25) is 9.79 Å². The largest absolute Gasteiger partial charge is 0.286 e. The van der Waals surface area contributed by atoms with Crippen LogP contribution in [0.5, 0.6) is 0 Å². The summed E-state index contributed by atoms with van der Waals surface area (Å²) in [7, 11) is 1.45. The normalized spacial score (nSPS) is 12.5. The first-order chi connectivity index (χ1) is 5.67. The minimum absolute atomic E-state index is 0.0528. The van der Waals surface area contributed by atoms with Gasteiger partial charge < -0.3 is 0 Å². The van der Waals surface area contributed by atoms with Gasteiger partial charge in [-0.05, 0) is 0 Å². The number of Topliss-reactive ketones (excluding diaryl/α,β-unsaturated/α-hetero) is 1. The summed E-state index contributed by atoms with van der Waals surface area (Å²) in [5.41, 5.74) is 0.389.